The van der Waals surface area contributed by atoms with Crippen LogP contribution in [-0.4, -0.2) is 52.5 Å². The number of amides is 3. The molecule has 110 valence electrons. The first-order valence-electron chi connectivity index (χ1n) is 6.49. The lowest BCUT2D eigenvalue weighted by Crippen LogP contribution is -2.32. The third-order valence-electron chi connectivity index (χ3n) is 3.63. The van der Waals surface area contributed by atoms with Crippen LogP contribution in [0, 0.1) is 0 Å². The highest BCUT2D eigenvalue weighted by Crippen LogP contribution is 2.30. The second kappa shape index (κ2) is 5.40. The van der Waals surface area contributed by atoms with E-state index in [0.717, 1.165) is 5.56 Å². The van der Waals surface area contributed by atoms with Crippen LogP contribution < -0.4 is 0 Å². The predicted molar refractivity (Wildman–Crippen MR) is 76.7 cm³/mol. The Morgan fingerprint density at radius 2 is 2.05 bits per heavy atom. The van der Waals surface area contributed by atoms with Gasteiger partial charge < -0.3 is 9.64 Å². The molecule has 2 aliphatic heterocycles. The molecule has 6 nitrogen and oxygen atoms in total. The lowest BCUT2D eigenvalue weighted by molar-refractivity contribution is -0.127. The molecule has 0 saturated carbocycles. The molecule has 0 bridgehead atoms. The summed E-state index contributed by atoms with van der Waals surface area (Å²) < 4.78 is 4.63. The number of methoxy groups -OCH3 is 1. The van der Waals surface area contributed by atoms with Gasteiger partial charge in [0.05, 0.1) is 25.1 Å². The van der Waals surface area contributed by atoms with Gasteiger partial charge in [0.25, 0.3) is 5.91 Å². The fraction of sp³-hybridized carbons (Fsp3) is 0.357. The van der Waals surface area contributed by atoms with Crippen LogP contribution in [0.4, 0.5) is 4.79 Å². The summed E-state index contributed by atoms with van der Waals surface area (Å²) >= 11 is 1.60. The van der Waals surface area contributed by atoms with Gasteiger partial charge in [0.15, 0.2) is 0 Å². The third-order valence-corrected chi connectivity index (χ3v) is 4.64. The van der Waals surface area contributed by atoms with Crippen molar-refractivity contribution in [2.24, 2.45) is 0 Å². The minimum Gasteiger partial charge on any atom is -0.465 e. The van der Waals surface area contributed by atoms with Crippen LogP contribution in [0.25, 0.3) is 0 Å². The van der Waals surface area contributed by atoms with Gasteiger partial charge in [-0.2, -0.15) is 0 Å². The zero-order chi connectivity index (χ0) is 15.0. The number of hydrogen-bond donors (Lipinski definition) is 0. The van der Waals surface area contributed by atoms with Gasteiger partial charge in [-0.3, -0.25) is 9.69 Å². The lowest BCUT2D eigenvalue weighted by atomic mass is 10.1. The Kier molecular flexibility index (Phi) is 3.59. The Morgan fingerprint density at radius 3 is 2.67 bits per heavy atom. The molecule has 1 unspecified atom stereocenters. The summed E-state index contributed by atoms with van der Waals surface area (Å²) in [6.45, 7) is 0.233. The van der Waals surface area contributed by atoms with Gasteiger partial charge >= 0.3 is 12.0 Å². The number of hydrogen-bond acceptors (Lipinski definition) is 5. The maximum absolute atomic E-state index is 12.2. The molecule has 1 aromatic rings. The number of imide groups is 1. The van der Waals surface area contributed by atoms with Crippen molar-refractivity contribution in [2.45, 2.75) is 12.6 Å². The van der Waals surface area contributed by atoms with Crippen molar-refractivity contribution < 1.29 is 19.1 Å². The minimum atomic E-state index is -0.410. The Balaban J connectivity index is 1.73. The number of esters is 1. The second-order valence-electron chi connectivity index (χ2n) is 4.88. The molecule has 1 atom stereocenters. The molecule has 3 rings (SSSR count). The van der Waals surface area contributed by atoms with Gasteiger partial charge in [-0.15, -0.1) is 11.8 Å². The van der Waals surface area contributed by atoms with E-state index < -0.39 is 5.97 Å². The van der Waals surface area contributed by atoms with Crippen molar-refractivity contribution in [1.82, 2.24) is 9.80 Å². The highest BCUT2D eigenvalue weighted by atomic mass is 32.2. The van der Waals surface area contributed by atoms with Crippen molar-refractivity contribution in [3.8, 4) is 0 Å². The van der Waals surface area contributed by atoms with Crippen molar-refractivity contribution in [3.63, 3.8) is 0 Å². The van der Waals surface area contributed by atoms with Crippen LogP contribution in [0.3, 0.4) is 0 Å². The second-order valence-corrected chi connectivity index (χ2v) is 5.88. The first-order valence-corrected chi connectivity index (χ1v) is 7.64. The summed E-state index contributed by atoms with van der Waals surface area (Å²) in [5, 5.41) is 0. The van der Waals surface area contributed by atoms with E-state index in [4.69, 9.17) is 0 Å². The van der Waals surface area contributed by atoms with Crippen LogP contribution >= 0.6 is 11.8 Å². The quantitative estimate of drug-likeness (QED) is 0.622. The first-order chi connectivity index (χ1) is 10.1. The molecule has 7 heteroatoms. The van der Waals surface area contributed by atoms with Crippen LogP contribution in [0.2, 0.25) is 0 Å². The van der Waals surface area contributed by atoms with E-state index in [0.29, 0.717) is 17.2 Å². The third kappa shape index (κ3) is 2.37. The number of nitrogens with zero attached hydrogens (tertiary/aromatic N) is 2. The highest BCUT2D eigenvalue weighted by molar-refractivity contribution is 7.99. The predicted octanol–water partition coefficient (Wildman–Crippen LogP) is 1.31. The van der Waals surface area contributed by atoms with Gasteiger partial charge in [0, 0.05) is 5.75 Å². The Bertz CT molecular complexity index is 579. The van der Waals surface area contributed by atoms with E-state index in [1.807, 2.05) is 0 Å². The molecule has 0 aromatic heterocycles. The Hall–Kier alpha value is -2.02. The highest BCUT2D eigenvalue weighted by Gasteiger charge is 2.47. The van der Waals surface area contributed by atoms with Crippen LogP contribution in [-0.2, 0) is 16.1 Å². The van der Waals surface area contributed by atoms with Crippen LogP contribution in [0.1, 0.15) is 15.9 Å². The van der Waals surface area contributed by atoms with Crippen LogP contribution in [0.15, 0.2) is 24.3 Å². The van der Waals surface area contributed by atoms with Crippen LogP contribution in [0.5, 0.6) is 0 Å². The fourth-order valence-corrected chi connectivity index (χ4v) is 3.60. The Morgan fingerprint density at radius 1 is 1.33 bits per heavy atom. The van der Waals surface area contributed by atoms with Crippen molar-refractivity contribution in [2.75, 3.05) is 18.7 Å². The fourth-order valence-electron chi connectivity index (χ4n) is 2.46. The zero-order valence-corrected chi connectivity index (χ0v) is 12.3. The molecule has 1 aromatic carbocycles. The molecule has 2 fully saturated rings. The van der Waals surface area contributed by atoms with E-state index in [1.165, 1.54) is 12.0 Å². The molecule has 3 amide bonds. The molecule has 2 saturated heterocycles. The number of fused-ring (bicyclic) bond motifs is 1. The van der Waals surface area contributed by atoms with E-state index >= 15 is 0 Å². The molecule has 0 spiro atoms. The molecule has 2 heterocycles. The van der Waals surface area contributed by atoms with E-state index in [9.17, 15) is 14.4 Å². The topological polar surface area (TPSA) is 66.9 Å². The average Bonchev–Trinajstić information content (AvgIpc) is 3.07. The van der Waals surface area contributed by atoms with Crippen molar-refractivity contribution in [3.05, 3.63) is 35.4 Å². The number of carbonyl (C=O) groups excluding carboxylic acids is 3. The maximum Gasteiger partial charge on any atom is 0.337 e. The summed E-state index contributed by atoms with van der Waals surface area (Å²) in [5.74, 6) is 0.699. The molecular weight excluding hydrogens is 292 g/mol. The summed E-state index contributed by atoms with van der Waals surface area (Å²) in [6, 6.07) is 6.17. The van der Waals surface area contributed by atoms with E-state index in [2.05, 4.69) is 4.74 Å². The number of rotatable bonds is 3. The van der Waals surface area contributed by atoms with Gasteiger partial charge in [-0.05, 0) is 17.7 Å². The number of thioether (sulfide) groups is 1. The van der Waals surface area contributed by atoms with Gasteiger partial charge in [-0.25, -0.2) is 9.59 Å². The minimum absolute atomic E-state index is 0.137. The number of ether oxygens (including phenoxy) is 1. The number of benzene rings is 1. The molecule has 21 heavy (non-hydrogen) atoms. The molecule has 0 aliphatic carbocycles. The summed E-state index contributed by atoms with van der Waals surface area (Å²) in [5.41, 5.74) is 1.25. The maximum atomic E-state index is 12.2. The van der Waals surface area contributed by atoms with E-state index in [-0.39, 0.29) is 24.5 Å². The largest absolute Gasteiger partial charge is 0.465 e. The van der Waals surface area contributed by atoms with E-state index in [1.54, 1.807) is 40.9 Å². The number of carbonyl (C=O) groups is 3. The molecule has 0 radical (unpaired) electrons. The zero-order valence-electron chi connectivity index (χ0n) is 11.4. The van der Waals surface area contributed by atoms with Gasteiger partial charge in [0.2, 0.25) is 0 Å². The summed E-state index contributed by atoms with van der Waals surface area (Å²) in [6.07, 6.45) is 0. The Labute approximate surface area is 126 Å². The average molecular weight is 306 g/mol. The lowest BCUT2D eigenvalue weighted by Gasteiger charge is -2.15. The summed E-state index contributed by atoms with van der Waals surface area (Å²) in [4.78, 5) is 38.6. The molecule has 2 aliphatic rings. The monoisotopic (exact) mass is 306 g/mol. The SMILES string of the molecule is COC(=O)c1ccc(CN2C(=O)C3CSCN3C2=O)cc1. The van der Waals surface area contributed by atoms with Crippen molar-refractivity contribution >= 4 is 29.7 Å². The molecular formula is C14H14N2O4S. The standard InChI is InChI=1S/C14H14N2O4S/c1-20-13(18)10-4-2-9(3-5-10)6-15-12(17)11-7-21-8-16(11)14(15)19/h2-5,11H,6-8H2,1H3. The van der Waals surface area contributed by atoms with Crippen molar-refractivity contribution in [1.29, 1.82) is 0 Å². The number of urea groups is 1. The summed E-state index contributed by atoms with van der Waals surface area (Å²) in [7, 11) is 1.32. The first kappa shape index (κ1) is 13.9. The van der Waals surface area contributed by atoms with Gasteiger partial charge in [-0.1, -0.05) is 12.1 Å². The van der Waals surface area contributed by atoms with Gasteiger partial charge in [0.1, 0.15) is 6.04 Å². The molecule has 0 N–H and O–H groups in total. The normalized spacial score (nSPS) is 20.9. The smallest absolute Gasteiger partial charge is 0.337 e.